The van der Waals surface area contributed by atoms with E-state index in [1.807, 2.05) is 30.3 Å². The normalized spacial score (nSPS) is 24.1. The first-order valence-corrected chi connectivity index (χ1v) is 10.8. The van der Waals surface area contributed by atoms with Crippen LogP contribution in [0.1, 0.15) is 49.0 Å². The van der Waals surface area contributed by atoms with Gasteiger partial charge in [-0.1, -0.05) is 48.8 Å². The molecule has 0 saturated heterocycles. The van der Waals surface area contributed by atoms with Crippen LogP contribution in [0.25, 0.3) is 0 Å². The van der Waals surface area contributed by atoms with Crippen molar-refractivity contribution in [3.8, 4) is 11.5 Å². The Morgan fingerprint density at radius 1 is 1.16 bits per heavy atom. The molecule has 32 heavy (non-hydrogen) atoms. The maximum atomic E-state index is 11.7. The van der Waals surface area contributed by atoms with Crippen LogP contribution < -0.4 is 9.47 Å². The molecule has 0 aromatic heterocycles. The van der Waals surface area contributed by atoms with Crippen LogP contribution >= 0.6 is 11.6 Å². The highest BCUT2D eigenvalue weighted by Crippen LogP contribution is 2.48. The number of carbonyl (C=O) groups is 1. The summed E-state index contributed by atoms with van der Waals surface area (Å²) in [6, 6.07) is 11.2. The predicted molar refractivity (Wildman–Crippen MR) is 120 cm³/mol. The van der Waals surface area contributed by atoms with Crippen LogP contribution in [0, 0.1) is 5.92 Å². The fraction of sp³-hybridized carbons (Fsp3) is 0.417. The number of nitrogens with zero attached hydrogens (tertiary/aromatic N) is 1. The summed E-state index contributed by atoms with van der Waals surface area (Å²) < 4.78 is 17.6. The Hall–Kier alpha value is -2.77. The summed E-state index contributed by atoms with van der Waals surface area (Å²) in [5, 5.41) is 14.5. The van der Waals surface area contributed by atoms with Crippen molar-refractivity contribution in [2.24, 2.45) is 11.1 Å². The van der Waals surface area contributed by atoms with Gasteiger partial charge in [0.2, 0.25) is 0 Å². The Morgan fingerprint density at radius 3 is 2.59 bits per heavy atom. The molecule has 4 rings (SSSR count). The third-order valence-electron chi connectivity index (χ3n) is 5.96. The van der Waals surface area contributed by atoms with E-state index in [0.717, 1.165) is 11.1 Å². The maximum Gasteiger partial charge on any atom is 0.306 e. The molecule has 1 N–H and O–H groups in total. The molecule has 0 aliphatic carbocycles. The van der Waals surface area contributed by atoms with E-state index in [1.54, 1.807) is 20.3 Å². The van der Waals surface area contributed by atoms with E-state index in [0.29, 0.717) is 27.8 Å². The zero-order chi connectivity index (χ0) is 23.0. The lowest BCUT2D eigenvalue weighted by molar-refractivity contribution is -0.139. The lowest BCUT2D eigenvalue weighted by Crippen LogP contribution is -2.33. The zero-order valence-corrected chi connectivity index (χ0v) is 19.1. The van der Waals surface area contributed by atoms with Gasteiger partial charge in [-0.2, -0.15) is 0 Å². The molecular weight excluding hydrogens is 434 g/mol. The molecule has 8 heteroatoms. The zero-order valence-electron chi connectivity index (χ0n) is 18.4. The summed E-state index contributed by atoms with van der Waals surface area (Å²) in [5.74, 6) is -0.000957. The largest absolute Gasteiger partial charge is 0.493 e. The minimum atomic E-state index is -0.982. The SMILES string of the molecule is COc1cccc([C@@H]2O[C@H](CC(=O)O)C3=NOC(C(C)C)C3c3ccc(Cl)cc32)c1OC. The number of para-hydroxylation sites is 1. The fourth-order valence-electron chi connectivity index (χ4n) is 4.54. The predicted octanol–water partition coefficient (Wildman–Crippen LogP) is 4.81. The number of benzene rings is 2. The van der Waals surface area contributed by atoms with E-state index >= 15 is 0 Å². The molecule has 7 nitrogen and oxygen atoms in total. The van der Waals surface area contributed by atoms with Gasteiger partial charge in [0.05, 0.1) is 32.3 Å². The van der Waals surface area contributed by atoms with Crippen LogP contribution in [0.5, 0.6) is 11.5 Å². The molecule has 2 aliphatic heterocycles. The van der Waals surface area contributed by atoms with Gasteiger partial charge in [-0.05, 0) is 35.2 Å². The van der Waals surface area contributed by atoms with Crippen molar-refractivity contribution in [3.05, 3.63) is 58.1 Å². The molecule has 0 bridgehead atoms. The molecule has 0 saturated carbocycles. The smallest absolute Gasteiger partial charge is 0.306 e. The number of aliphatic carboxylic acids is 1. The van der Waals surface area contributed by atoms with Crippen molar-refractivity contribution >= 4 is 23.3 Å². The molecule has 0 amide bonds. The van der Waals surface area contributed by atoms with Gasteiger partial charge in [-0.3, -0.25) is 4.79 Å². The summed E-state index contributed by atoms with van der Waals surface area (Å²) in [5.41, 5.74) is 3.07. The van der Waals surface area contributed by atoms with Gasteiger partial charge in [0, 0.05) is 10.6 Å². The molecule has 2 heterocycles. The average molecular weight is 460 g/mol. The molecule has 170 valence electrons. The van der Waals surface area contributed by atoms with Gasteiger partial charge in [-0.25, -0.2) is 0 Å². The highest BCUT2D eigenvalue weighted by Gasteiger charge is 2.47. The van der Waals surface area contributed by atoms with Crippen molar-refractivity contribution in [3.63, 3.8) is 0 Å². The Morgan fingerprint density at radius 2 is 1.94 bits per heavy atom. The number of carboxylic acid groups (broad SMARTS) is 1. The van der Waals surface area contributed by atoms with Crippen molar-refractivity contribution in [2.45, 2.75) is 44.5 Å². The second kappa shape index (κ2) is 9.00. The van der Waals surface area contributed by atoms with Crippen molar-refractivity contribution < 1.29 is 28.9 Å². The summed E-state index contributed by atoms with van der Waals surface area (Å²) in [6.45, 7) is 4.11. The minimum absolute atomic E-state index is 0.151. The van der Waals surface area contributed by atoms with E-state index in [-0.39, 0.29) is 24.4 Å². The Labute approximate surface area is 191 Å². The van der Waals surface area contributed by atoms with E-state index in [1.165, 1.54) is 0 Å². The summed E-state index contributed by atoms with van der Waals surface area (Å²) in [4.78, 5) is 17.5. The molecule has 0 fully saturated rings. The minimum Gasteiger partial charge on any atom is -0.493 e. The van der Waals surface area contributed by atoms with E-state index in [2.05, 4.69) is 19.0 Å². The lowest BCUT2D eigenvalue weighted by Gasteiger charge is -2.25. The quantitative estimate of drug-likeness (QED) is 0.666. The lowest BCUT2D eigenvalue weighted by atomic mass is 9.80. The molecule has 2 unspecified atom stereocenters. The second-order valence-corrected chi connectivity index (χ2v) is 8.70. The fourth-order valence-corrected chi connectivity index (χ4v) is 4.72. The van der Waals surface area contributed by atoms with Crippen molar-refractivity contribution in [1.82, 2.24) is 0 Å². The van der Waals surface area contributed by atoms with Crippen LogP contribution in [0.2, 0.25) is 5.02 Å². The van der Waals surface area contributed by atoms with Gasteiger partial charge in [0.1, 0.15) is 18.3 Å². The number of carboxylic acids is 1. The van der Waals surface area contributed by atoms with Gasteiger partial charge in [-0.15, -0.1) is 0 Å². The topological polar surface area (TPSA) is 86.6 Å². The first-order chi connectivity index (χ1) is 15.3. The number of hydrogen-bond acceptors (Lipinski definition) is 6. The molecule has 2 aromatic carbocycles. The number of halogens is 1. The highest BCUT2D eigenvalue weighted by atomic mass is 35.5. The Kier molecular flexibility index (Phi) is 6.31. The number of oxime groups is 1. The number of ether oxygens (including phenoxy) is 3. The van der Waals surface area contributed by atoms with E-state index in [4.69, 9.17) is 30.6 Å². The van der Waals surface area contributed by atoms with E-state index < -0.39 is 18.2 Å². The van der Waals surface area contributed by atoms with Crippen LogP contribution in [-0.4, -0.2) is 43.2 Å². The van der Waals surface area contributed by atoms with Crippen molar-refractivity contribution in [2.75, 3.05) is 14.2 Å². The van der Waals surface area contributed by atoms with Crippen LogP contribution in [-0.2, 0) is 14.4 Å². The molecule has 2 aromatic rings. The highest BCUT2D eigenvalue weighted by molar-refractivity contribution is 6.30. The molecule has 0 radical (unpaired) electrons. The maximum absolute atomic E-state index is 11.7. The van der Waals surface area contributed by atoms with Crippen LogP contribution in [0.3, 0.4) is 0 Å². The van der Waals surface area contributed by atoms with Gasteiger partial charge < -0.3 is 24.2 Å². The summed E-state index contributed by atoms with van der Waals surface area (Å²) in [7, 11) is 3.13. The Balaban J connectivity index is 1.95. The third-order valence-corrected chi connectivity index (χ3v) is 6.19. The average Bonchev–Trinajstić information content (AvgIpc) is 3.16. The number of rotatable bonds is 6. The van der Waals surface area contributed by atoms with Gasteiger partial charge in [0.15, 0.2) is 11.5 Å². The second-order valence-electron chi connectivity index (χ2n) is 8.27. The number of hydrogen-bond donors (Lipinski definition) is 1. The first-order valence-electron chi connectivity index (χ1n) is 10.5. The van der Waals surface area contributed by atoms with Gasteiger partial charge in [0.25, 0.3) is 0 Å². The Bertz CT molecular complexity index is 1050. The van der Waals surface area contributed by atoms with Crippen molar-refractivity contribution in [1.29, 1.82) is 0 Å². The van der Waals surface area contributed by atoms with Crippen LogP contribution in [0.15, 0.2) is 41.6 Å². The van der Waals surface area contributed by atoms with Gasteiger partial charge >= 0.3 is 5.97 Å². The standard InChI is InChI=1S/C24H26ClNO6/c1-12(2)22-20-14-9-8-13(25)10-16(14)23(15-6-5-7-17(29-3)24(15)30-4)31-18(11-19(27)28)21(20)26-32-22/h5-10,12,18,20,22-23H,11H2,1-4H3,(H,27,28)/t18-,20?,22?,23+/m1/s1. The number of methoxy groups -OCH3 is 2. The molecule has 2 aliphatic rings. The molecule has 0 spiro atoms. The third kappa shape index (κ3) is 3.91. The summed E-state index contributed by atoms with van der Waals surface area (Å²) in [6.07, 6.45) is -1.91. The number of fused-ring (bicyclic) bond motifs is 3. The monoisotopic (exact) mass is 459 g/mol. The van der Waals surface area contributed by atoms with Crippen LogP contribution in [0.4, 0.5) is 0 Å². The summed E-state index contributed by atoms with van der Waals surface area (Å²) >= 11 is 6.41. The molecule has 4 atom stereocenters. The van der Waals surface area contributed by atoms with E-state index in [9.17, 15) is 9.90 Å². The molecular formula is C24H26ClNO6. The first kappa shape index (κ1) is 22.4.